The van der Waals surface area contributed by atoms with Crippen LogP contribution in [0.3, 0.4) is 0 Å². The lowest BCUT2D eigenvalue weighted by Gasteiger charge is -2.13. The minimum atomic E-state index is 0.475. The SMILES string of the molecule is C#CCN[C@@H]1CCc2ccc(CCC)cc21.CC. The predicted molar refractivity (Wildman–Crippen MR) is 79.7 cm³/mol. The van der Waals surface area contributed by atoms with Crippen molar-refractivity contribution in [2.45, 2.75) is 52.5 Å². The van der Waals surface area contributed by atoms with E-state index in [4.69, 9.17) is 6.42 Å². The van der Waals surface area contributed by atoms with Gasteiger partial charge in [0.2, 0.25) is 0 Å². The zero-order chi connectivity index (χ0) is 13.4. The first-order valence-corrected chi connectivity index (χ1v) is 7.13. The largest absolute Gasteiger partial charge is 0.299 e. The van der Waals surface area contributed by atoms with Crippen LogP contribution in [-0.4, -0.2) is 6.54 Å². The first kappa shape index (κ1) is 14.8. The predicted octanol–water partition coefficient (Wildman–Crippen LogP) is 3.88. The molecular formula is C17H25N. The normalized spacial score (nSPS) is 16.4. The first-order chi connectivity index (χ1) is 8.85. The van der Waals surface area contributed by atoms with E-state index in [1.165, 1.54) is 42.4 Å². The number of hydrogen-bond donors (Lipinski definition) is 1. The summed E-state index contributed by atoms with van der Waals surface area (Å²) in [5.74, 6) is 2.65. The van der Waals surface area contributed by atoms with E-state index in [1.807, 2.05) is 13.8 Å². The number of aryl methyl sites for hydroxylation is 2. The highest BCUT2D eigenvalue weighted by molar-refractivity contribution is 5.38. The number of terminal acetylenes is 1. The van der Waals surface area contributed by atoms with Gasteiger partial charge in [-0.25, -0.2) is 0 Å². The first-order valence-electron chi connectivity index (χ1n) is 7.13. The molecule has 0 bridgehead atoms. The summed E-state index contributed by atoms with van der Waals surface area (Å²) >= 11 is 0. The highest BCUT2D eigenvalue weighted by Crippen LogP contribution is 2.31. The van der Waals surface area contributed by atoms with Crippen molar-refractivity contribution in [1.82, 2.24) is 5.32 Å². The minimum absolute atomic E-state index is 0.475. The van der Waals surface area contributed by atoms with Crippen molar-refractivity contribution >= 4 is 0 Å². The lowest BCUT2D eigenvalue weighted by atomic mass is 10.0. The van der Waals surface area contributed by atoms with E-state index in [0.717, 1.165) is 0 Å². The molecule has 0 fully saturated rings. The van der Waals surface area contributed by atoms with Crippen LogP contribution in [0.15, 0.2) is 18.2 Å². The molecule has 1 aromatic carbocycles. The average molecular weight is 243 g/mol. The quantitative estimate of drug-likeness (QED) is 0.791. The third kappa shape index (κ3) is 3.62. The second-order valence-electron chi connectivity index (χ2n) is 4.46. The van der Waals surface area contributed by atoms with Crippen LogP contribution in [0.1, 0.15) is 56.3 Å². The Morgan fingerprint density at radius 1 is 1.39 bits per heavy atom. The maximum Gasteiger partial charge on any atom is 0.0578 e. The molecule has 1 heteroatoms. The number of hydrogen-bond acceptors (Lipinski definition) is 1. The Balaban J connectivity index is 0.000000771. The van der Waals surface area contributed by atoms with Crippen LogP contribution >= 0.6 is 0 Å². The molecule has 1 N–H and O–H groups in total. The van der Waals surface area contributed by atoms with Crippen LogP contribution in [0.2, 0.25) is 0 Å². The lowest BCUT2D eigenvalue weighted by molar-refractivity contribution is 0.568. The number of nitrogens with one attached hydrogen (secondary N) is 1. The van der Waals surface area contributed by atoms with Crippen molar-refractivity contribution in [1.29, 1.82) is 0 Å². The van der Waals surface area contributed by atoms with Crippen molar-refractivity contribution < 1.29 is 0 Å². The molecule has 0 saturated heterocycles. The standard InChI is InChI=1S/C15H19N.C2H6/c1-3-5-12-6-7-13-8-9-15(14(13)11-12)16-10-4-2;1-2/h2,6-7,11,15-16H,3,5,8-10H2,1H3;1-2H3/t15-;/m1./s1. The molecule has 0 spiro atoms. The lowest BCUT2D eigenvalue weighted by Crippen LogP contribution is -2.19. The molecule has 1 aliphatic carbocycles. The highest BCUT2D eigenvalue weighted by atomic mass is 14.9. The Kier molecular flexibility index (Phi) is 6.54. The summed E-state index contributed by atoms with van der Waals surface area (Å²) in [4.78, 5) is 0. The fourth-order valence-electron chi connectivity index (χ4n) is 2.49. The van der Waals surface area contributed by atoms with Crippen LogP contribution in [-0.2, 0) is 12.8 Å². The van der Waals surface area contributed by atoms with Crippen molar-refractivity contribution in [2.24, 2.45) is 0 Å². The Hall–Kier alpha value is -1.26. The molecule has 2 rings (SSSR count). The average Bonchev–Trinajstić information content (AvgIpc) is 2.82. The molecule has 1 aliphatic rings. The fourth-order valence-corrected chi connectivity index (χ4v) is 2.49. The molecule has 0 saturated carbocycles. The molecular weight excluding hydrogens is 218 g/mol. The van der Waals surface area contributed by atoms with E-state index >= 15 is 0 Å². The van der Waals surface area contributed by atoms with Crippen LogP contribution in [0.5, 0.6) is 0 Å². The van der Waals surface area contributed by atoms with Gasteiger partial charge in [0.25, 0.3) is 0 Å². The second kappa shape index (κ2) is 7.95. The van der Waals surface area contributed by atoms with Gasteiger partial charge in [0.15, 0.2) is 0 Å². The van der Waals surface area contributed by atoms with Crippen molar-refractivity contribution in [3.8, 4) is 12.3 Å². The summed E-state index contributed by atoms with van der Waals surface area (Å²) in [6.45, 7) is 6.89. The van der Waals surface area contributed by atoms with Gasteiger partial charge in [0, 0.05) is 6.04 Å². The molecule has 0 radical (unpaired) electrons. The van der Waals surface area contributed by atoms with Gasteiger partial charge in [-0.1, -0.05) is 51.3 Å². The van der Waals surface area contributed by atoms with Gasteiger partial charge in [-0.3, -0.25) is 5.32 Å². The van der Waals surface area contributed by atoms with E-state index in [0.29, 0.717) is 12.6 Å². The van der Waals surface area contributed by atoms with Crippen LogP contribution in [0.25, 0.3) is 0 Å². The van der Waals surface area contributed by atoms with Gasteiger partial charge in [-0.2, -0.15) is 0 Å². The summed E-state index contributed by atoms with van der Waals surface area (Å²) in [7, 11) is 0. The zero-order valence-corrected chi connectivity index (χ0v) is 11.9. The van der Waals surface area contributed by atoms with Crippen molar-refractivity contribution in [3.05, 3.63) is 34.9 Å². The van der Waals surface area contributed by atoms with Crippen LogP contribution in [0, 0.1) is 12.3 Å². The van der Waals surface area contributed by atoms with E-state index in [1.54, 1.807) is 0 Å². The van der Waals surface area contributed by atoms with Gasteiger partial charge in [-0.15, -0.1) is 6.42 Å². The van der Waals surface area contributed by atoms with Crippen molar-refractivity contribution in [2.75, 3.05) is 6.54 Å². The minimum Gasteiger partial charge on any atom is -0.299 e. The molecule has 18 heavy (non-hydrogen) atoms. The van der Waals surface area contributed by atoms with Gasteiger partial charge in [0.1, 0.15) is 0 Å². The molecule has 98 valence electrons. The Morgan fingerprint density at radius 3 is 2.83 bits per heavy atom. The molecule has 0 aliphatic heterocycles. The molecule has 0 amide bonds. The molecule has 1 nitrogen and oxygen atoms in total. The fraction of sp³-hybridized carbons (Fsp3) is 0.529. The molecule has 0 heterocycles. The van der Waals surface area contributed by atoms with E-state index in [-0.39, 0.29) is 0 Å². The second-order valence-corrected chi connectivity index (χ2v) is 4.46. The Labute approximate surface area is 112 Å². The van der Waals surface area contributed by atoms with E-state index in [2.05, 4.69) is 36.4 Å². The van der Waals surface area contributed by atoms with Gasteiger partial charge in [0.05, 0.1) is 6.54 Å². The highest BCUT2D eigenvalue weighted by Gasteiger charge is 2.21. The summed E-state index contributed by atoms with van der Waals surface area (Å²) in [6, 6.07) is 7.40. The summed E-state index contributed by atoms with van der Waals surface area (Å²) in [6.07, 6.45) is 10.0. The Morgan fingerprint density at radius 2 is 2.17 bits per heavy atom. The summed E-state index contributed by atoms with van der Waals surface area (Å²) in [5, 5.41) is 3.42. The van der Waals surface area contributed by atoms with Crippen LogP contribution < -0.4 is 5.32 Å². The Bertz CT molecular complexity index is 401. The van der Waals surface area contributed by atoms with Crippen LogP contribution in [0.4, 0.5) is 0 Å². The van der Waals surface area contributed by atoms with Crippen molar-refractivity contribution in [3.63, 3.8) is 0 Å². The number of benzene rings is 1. The van der Waals surface area contributed by atoms with E-state index in [9.17, 15) is 0 Å². The van der Waals surface area contributed by atoms with Gasteiger partial charge < -0.3 is 0 Å². The topological polar surface area (TPSA) is 12.0 Å². The molecule has 0 aromatic heterocycles. The van der Waals surface area contributed by atoms with E-state index < -0.39 is 0 Å². The van der Waals surface area contributed by atoms with Gasteiger partial charge in [-0.05, 0) is 36.0 Å². The van der Waals surface area contributed by atoms with Gasteiger partial charge >= 0.3 is 0 Å². The third-order valence-electron chi connectivity index (χ3n) is 3.28. The monoisotopic (exact) mass is 243 g/mol. The maximum atomic E-state index is 5.29. The molecule has 0 unspecified atom stereocenters. The zero-order valence-electron chi connectivity index (χ0n) is 11.9. The third-order valence-corrected chi connectivity index (χ3v) is 3.28. The molecule has 1 atom stereocenters. The number of fused-ring (bicyclic) bond motifs is 1. The number of rotatable bonds is 4. The maximum absolute atomic E-state index is 5.29. The summed E-state index contributed by atoms with van der Waals surface area (Å²) in [5.41, 5.74) is 4.42. The smallest absolute Gasteiger partial charge is 0.0578 e. The molecule has 1 aromatic rings. The summed E-state index contributed by atoms with van der Waals surface area (Å²) < 4.78 is 0.